The first-order chi connectivity index (χ1) is 12.5. The van der Waals surface area contributed by atoms with E-state index in [9.17, 15) is 9.90 Å². The van der Waals surface area contributed by atoms with Gasteiger partial charge in [-0.15, -0.1) is 16.6 Å². The summed E-state index contributed by atoms with van der Waals surface area (Å²) in [7, 11) is 0. The molecule has 0 atom stereocenters. The number of rotatable bonds is 6. The lowest BCUT2D eigenvalue weighted by Crippen LogP contribution is -2.32. The number of nitrogens with one attached hydrogen (secondary N) is 2. The number of anilines is 1. The summed E-state index contributed by atoms with van der Waals surface area (Å²) < 4.78 is 0. The first-order valence-electron chi connectivity index (χ1n) is 8.68. The number of amides is 1. The van der Waals surface area contributed by atoms with Gasteiger partial charge in [-0.25, -0.2) is 0 Å². The topological polar surface area (TPSA) is 87.1 Å². The Labute approximate surface area is 153 Å². The van der Waals surface area contributed by atoms with Gasteiger partial charge < -0.3 is 15.7 Å². The fraction of sp³-hybridized carbons (Fsp3) is 0.350. The summed E-state index contributed by atoms with van der Waals surface area (Å²) in [4.78, 5) is 12.0. The molecular formula is C20H22N4O2. The number of carbonyl (C=O) groups excluding carboxylic acids is 1. The van der Waals surface area contributed by atoms with Crippen molar-refractivity contribution in [1.82, 2.24) is 15.5 Å². The van der Waals surface area contributed by atoms with Gasteiger partial charge in [0.15, 0.2) is 5.82 Å². The predicted molar refractivity (Wildman–Crippen MR) is 101 cm³/mol. The third kappa shape index (κ3) is 4.19. The van der Waals surface area contributed by atoms with Crippen molar-refractivity contribution in [2.45, 2.75) is 38.6 Å². The Morgan fingerprint density at radius 2 is 2.12 bits per heavy atom. The van der Waals surface area contributed by atoms with E-state index in [1.54, 1.807) is 18.2 Å². The maximum absolute atomic E-state index is 12.0. The lowest BCUT2D eigenvalue weighted by molar-refractivity contribution is -0.115. The number of nitrogens with zero attached hydrogens (tertiary/aromatic N) is 2. The molecule has 1 aliphatic rings. The zero-order chi connectivity index (χ0) is 18.7. The molecule has 1 heterocycles. The van der Waals surface area contributed by atoms with Crippen molar-refractivity contribution in [3.63, 3.8) is 0 Å². The first-order valence-corrected chi connectivity index (χ1v) is 8.68. The number of hydrogen-bond acceptors (Lipinski definition) is 5. The zero-order valence-corrected chi connectivity index (χ0v) is 14.9. The molecule has 1 aromatic carbocycles. The zero-order valence-electron chi connectivity index (χ0n) is 14.9. The van der Waals surface area contributed by atoms with Crippen LogP contribution in [0.15, 0.2) is 24.3 Å². The quantitative estimate of drug-likeness (QED) is 0.697. The van der Waals surface area contributed by atoms with E-state index >= 15 is 0 Å². The highest BCUT2D eigenvalue weighted by Crippen LogP contribution is 2.45. The van der Waals surface area contributed by atoms with Gasteiger partial charge in [-0.1, -0.05) is 19.8 Å². The van der Waals surface area contributed by atoms with Gasteiger partial charge in [-0.05, 0) is 48.6 Å². The normalized spacial score (nSPS) is 13.5. The third-order valence-electron chi connectivity index (χ3n) is 4.20. The van der Waals surface area contributed by atoms with Crippen molar-refractivity contribution in [3.8, 4) is 29.4 Å². The highest BCUT2D eigenvalue weighted by atomic mass is 16.3. The van der Waals surface area contributed by atoms with Crippen LogP contribution in [-0.4, -0.2) is 33.8 Å². The van der Waals surface area contributed by atoms with Crippen LogP contribution in [0.5, 0.6) is 5.75 Å². The molecule has 1 fully saturated rings. The maximum atomic E-state index is 12.0. The number of phenolic OH excluding ortho intramolecular Hbond substituents is 1. The van der Waals surface area contributed by atoms with Crippen molar-refractivity contribution in [2.24, 2.45) is 0 Å². The molecule has 0 spiro atoms. The fourth-order valence-electron chi connectivity index (χ4n) is 2.69. The smallest absolute Gasteiger partial charge is 0.239 e. The molecule has 6 nitrogen and oxygen atoms in total. The average Bonchev–Trinajstić information content (AvgIpc) is 3.45. The lowest BCUT2D eigenvalue weighted by atomic mass is 10.0. The molecule has 0 aliphatic heterocycles. The van der Waals surface area contributed by atoms with Crippen molar-refractivity contribution in [2.75, 3.05) is 11.9 Å². The van der Waals surface area contributed by atoms with Crippen LogP contribution >= 0.6 is 0 Å². The van der Waals surface area contributed by atoms with Crippen molar-refractivity contribution in [3.05, 3.63) is 35.4 Å². The van der Waals surface area contributed by atoms with Crippen LogP contribution in [0.1, 0.15) is 43.7 Å². The molecule has 2 aromatic rings. The SMILES string of the molecule is C#Cc1ccc(-c2nnc(NC(=O)CNC(C)C)cc2C2CC2)c(O)c1. The summed E-state index contributed by atoms with van der Waals surface area (Å²) in [5.41, 5.74) is 2.81. The van der Waals surface area contributed by atoms with E-state index in [0.717, 1.165) is 18.4 Å². The van der Waals surface area contributed by atoms with Gasteiger partial charge in [-0.3, -0.25) is 4.79 Å². The van der Waals surface area contributed by atoms with Crippen molar-refractivity contribution in [1.29, 1.82) is 0 Å². The maximum Gasteiger partial charge on any atom is 0.239 e. The molecule has 0 radical (unpaired) electrons. The minimum Gasteiger partial charge on any atom is -0.507 e. The number of benzene rings is 1. The molecule has 1 aliphatic carbocycles. The molecule has 3 N–H and O–H groups in total. The number of aromatic nitrogens is 2. The van der Waals surface area contributed by atoms with E-state index in [1.165, 1.54) is 0 Å². The van der Waals surface area contributed by atoms with Crippen LogP contribution in [0.25, 0.3) is 11.3 Å². The molecule has 0 saturated heterocycles. The Balaban J connectivity index is 1.86. The summed E-state index contributed by atoms with van der Waals surface area (Å²) >= 11 is 0. The fourth-order valence-corrected chi connectivity index (χ4v) is 2.69. The first kappa shape index (κ1) is 17.9. The van der Waals surface area contributed by atoms with Crippen LogP contribution in [0.2, 0.25) is 0 Å². The Morgan fingerprint density at radius 1 is 1.35 bits per heavy atom. The van der Waals surface area contributed by atoms with Gasteiger partial charge in [0.1, 0.15) is 11.4 Å². The van der Waals surface area contributed by atoms with E-state index in [2.05, 4.69) is 26.8 Å². The minimum absolute atomic E-state index is 0.0783. The van der Waals surface area contributed by atoms with Crippen molar-refractivity contribution < 1.29 is 9.90 Å². The van der Waals surface area contributed by atoms with Crippen molar-refractivity contribution >= 4 is 11.7 Å². The summed E-state index contributed by atoms with van der Waals surface area (Å²) in [6, 6.07) is 7.14. The lowest BCUT2D eigenvalue weighted by Gasteiger charge is -2.12. The minimum atomic E-state index is -0.163. The Bertz CT molecular complexity index is 867. The Morgan fingerprint density at radius 3 is 2.73 bits per heavy atom. The Hall–Kier alpha value is -2.91. The monoisotopic (exact) mass is 350 g/mol. The number of hydrogen-bond donors (Lipinski definition) is 3. The number of terminal acetylenes is 1. The molecule has 26 heavy (non-hydrogen) atoms. The second-order valence-electron chi connectivity index (χ2n) is 6.77. The van der Waals surface area contributed by atoms with Gasteiger partial charge in [0.25, 0.3) is 0 Å². The van der Waals surface area contributed by atoms with Crippen LogP contribution in [-0.2, 0) is 4.79 Å². The molecule has 1 saturated carbocycles. The molecule has 3 rings (SSSR count). The van der Waals surface area contributed by atoms with Gasteiger partial charge in [0, 0.05) is 17.2 Å². The second kappa shape index (κ2) is 7.54. The molecule has 0 unspecified atom stereocenters. The van der Waals surface area contributed by atoms with E-state index in [1.807, 2.05) is 19.9 Å². The largest absolute Gasteiger partial charge is 0.507 e. The summed E-state index contributed by atoms with van der Waals surface area (Å²) in [6.45, 7) is 4.17. The van der Waals surface area contributed by atoms with Crippen LogP contribution in [0, 0.1) is 12.3 Å². The average molecular weight is 350 g/mol. The number of phenols is 1. The predicted octanol–water partition coefficient (Wildman–Crippen LogP) is 2.64. The molecule has 134 valence electrons. The molecule has 1 amide bonds. The van der Waals surface area contributed by atoms with Gasteiger partial charge >= 0.3 is 0 Å². The van der Waals surface area contributed by atoms with Crippen LogP contribution in [0.4, 0.5) is 5.82 Å². The van der Waals surface area contributed by atoms with Crippen LogP contribution in [0.3, 0.4) is 0 Å². The highest BCUT2D eigenvalue weighted by Gasteiger charge is 2.29. The van der Waals surface area contributed by atoms with E-state index in [-0.39, 0.29) is 24.2 Å². The second-order valence-corrected chi connectivity index (χ2v) is 6.77. The summed E-state index contributed by atoms with van der Waals surface area (Å²) in [5, 5.41) is 24.5. The summed E-state index contributed by atoms with van der Waals surface area (Å²) in [6.07, 6.45) is 7.49. The highest BCUT2D eigenvalue weighted by molar-refractivity contribution is 5.91. The van der Waals surface area contributed by atoms with E-state index < -0.39 is 0 Å². The standard InChI is InChI=1S/C20H22N4O2/c1-4-13-5-8-15(17(25)9-13)20-16(14-6-7-14)10-18(23-24-20)22-19(26)11-21-12(2)3/h1,5,8-10,12,14,21,25H,6-7,11H2,2-3H3,(H,22,23,26). The molecule has 6 heteroatoms. The number of carbonyl (C=O) groups is 1. The molecule has 1 aromatic heterocycles. The van der Waals surface area contributed by atoms with E-state index in [0.29, 0.717) is 28.6 Å². The summed E-state index contributed by atoms with van der Waals surface area (Å²) in [5.74, 6) is 3.21. The van der Waals surface area contributed by atoms with Gasteiger partial charge in [-0.2, -0.15) is 0 Å². The van der Waals surface area contributed by atoms with Gasteiger partial charge in [0.05, 0.1) is 6.54 Å². The third-order valence-corrected chi connectivity index (χ3v) is 4.20. The van der Waals surface area contributed by atoms with Crippen LogP contribution < -0.4 is 10.6 Å². The Kier molecular flexibility index (Phi) is 5.19. The van der Waals surface area contributed by atoms with Gasteiger partial charge in [0.2, 0.25) is 5.91 Å². The molecular weight excluding hydrogens is 328 g/mol. The number of aromatic hydroxyl groups is 1. The molecule has 0 bridgehead atoms. The van der Waals surface area contributed by atoms with E-state index in [4.69, 9.17) is 6.42 Å².